The summed E-state index contributed by atoms with van der Waals surface area (Å²) >= 11 is 0.636. The van der Waals surface area contributed by atoms with Crippen LogP contribution in [0.1, 0.15) is 94.7 Å². The average Bonchev–Trinajstić information content (AvgIpc) is 4.11. The van der Waals surface area contributed by atoms with Gasteiger partial charge in [0.2, 0.25) is 0 Å². The second kappa shape index (κ2) is 29.3. The maximum Gasteiger partial charge on any atom is 0.176 e. The number of nitrogens with zero attached hydrogens (tertiary/aromatic N) is 10. The minimum atomic E-state index is -2.45. The summed E-state index contributed by atoms with van der Waals surface area (Å²) < 4.78 is 12.6. The van der Waals surface area contributed by atoms with E-state index >= 15 is 0 Å². The predicted octanol–water partition coefficient (Wildman–Crippen LogP) is 14.0. The minimum absolute atomic E-state index is 0.568. The summed E-state index contributed by atoms with van der Waals surface area (Å²) in [5, 5.41) is 35.0. The van der Waals surface area contributed by atoms with Crippen LogP contribution in [-0.2, 0) is 19.5 Å². The quantitative estimate of drug-likeness (QED) is 0.0321. The van der Waals surface area contributed by atoms with Gasteiger partial charge in [-0.05, 0) is 55.7 Å². The Morgan fingerprint density at radius 2 is 1.24 bits per heavy atom. The van der Waals surface area contributed by atoms with Crippen molar-refractivity contribution in [2.75, 3.05) is 5.33 Å². The van der Waals surface area contributed by atoms with Gasteiger partial charge in [0.1, 0.15) is 0 Å². The van der Waals surface area contributed by atoms with E-state index in [1.807, 2.05) is 30.5 Å². The molecule has 0 bridgehead atoms. The number of aromatic amines is 2. The number of hydrogen-bond donors (Lipinski definition) is 2. The van der Waals surface area contributed by atoms with Gasteiger partial charge in [-0.2, -0.15) is 15.7 Å². The Hall–Kier alpha value is -5.08. The molecule has 7 aromatic rings. The van der Waals surface area contributed by atoms with Crippen LogP contribution < -0.4 is 0 Å². The fourth-order valence-electron chi connectivity index (χ4n) is 7.31. The molecule has 0 saturated heterocycles. The van der Waals surface area contributed by atoms with E-state index in [1.54, 1.807) is 0 Å². The number of rotatable bonds is 16. The Labute approximate surface area is 381 Å². The van der Waals surface area contributed by atoms with E-state index in [1.165, 1.54) is 101 Å². The first-order valence-corrected chi connectivity index (χ1v) is 30.4. The van der Waals surface area contributed by atoms with Crippen molar-refractivity contribution in [3.8, 4) is 12.1 Å². The molecule has 62 heavy (non-hydrogen) atoms. The fraction of sp³-hybridized carbons (Fsp3) is 0.438. The number of nitriles is 2. The Bertz CT molecular complexity index is 2420. The second-order valence-electron chi connectivity index (χ2n) is 15.4. The molecule has 4 heterocycles. The first-order chi connectivity index (χ1) is 30.2. The Balaban J connectivity index is 0.000000215. The van der Waals surface area contributed by atoms with Crippen molar-refractivity contribution in [1.29, 1.82) is 10.5 Å². The molecular weight excluding hydrogens is 943 g/mol. The van der Waals surface area contributed by atoms with Crippen LogP contribution in [0.2, 0.25) is 13.3 Å². The molecule has 0 aliphatic heterocycles. The summed E-state index contributed by atoms with van der Waals surface area (Å²) in [6.45, 7) is 14.7. The fourth-order valence-corrected chi connectivity index (χ4v) is 19.7. The molecule has 328 valence electrons. The SMILES string of the molecule is CCC[CH2][Sn]([CH2]CCC)([CH2]CCC)[N]=[N+]=[N-].Cc1c[nH]c2ccccc12.Cc1cn(CCC#N)c2ccccc12.Cc1cn(CCc2nn[nH]n2)c2ccccc12.N#CCCBr. The molecule has 4 aromatic heterocycles. The van der Waals surface area contributed by atoms with E-state index < -0.39 is 18.7 Å². The average molecular weight is 1010 g/mol. The van der Waals surface area contributed by atoms with Crippen LogP contribution in [0, 0.1) is 43.4 Å². The number of azide groups is 1. The van der Waals surface area contributed by atoms with E-state index in [0.29, 0.717) is 12.8 Å². The number of para-hydroxylation sites is 3. The first kappa shape index (κ1) is 51.3. The molecule has 2 N–H and O–H groups in total. The van der Waals surface area contributed by atoms with E-state index in [9.17, 15) is 0 Å². The van der Waals surface area contributed by atoms with Gasteiger partial charge in [0.05, 0.1) is 18.6 Å². The van der Waals surface area contributed by atoms with Crippen LogP contribution in [0.15, 0.2) is 94.7 Å². The summed E-state index contributed by atoms with van der Waals surface area (Å²) in [6, 6.07) is 29.2. The number of halogens is 1. The van der Waals surface area contributed by atoms with Crippen molar-refractivity contribution in [2.45, 2.75) is 126 Å². The molecule has 12 nitrogen and oxygen atoms in total. The van der Waals surface area contributed by atoms with Gasteiger partial charge in [-0.15, -0.1) is 10.2 Å². The Morgan fingerprint density at radius 1 is 0.726 bits per heavy atom. The van der Waals surface area contributed by atoms with Crippen LogP contribution in [0.5, 0.6) is 0 Å². The van der Waals surface area contributed by atoms with Crippen LogP contribution in [-0.4, -0.2) is 58.7 Å². The van der Waals surface area contributed by atoms with Crippen LogP contribution in [0.25, 0.3) is 43.2 Å². The number of benzene rings is 3. The molecule has 0 aliphatic rings. The van der Waals surface area contributed by atoms with Gasteiger partial charge in [-0.1, -0.05) is 75.7 Å². The number of unbranched alkanes of at least 4 members (excludes halogenated alkanes) is 3. The van der Waals surface area contributed by atoms with E-state index in [4.69, 9.17) is 16.1 Å². The predicted molar refractivity (Wildman–Crippen MR) is 263 cm³/mol. The molecule has 0 aliphatic carbocycles. The number of hydrogen-bond acceptors (Lipinski definition) is 6. The number of alkyl halides is 1. The summed E-state index contributed by atoms with van der Waals surface area (Å²) in [7, 11) is 0. The van der Waals surface area contributed by atoms with Crippen LogP contribution >= 0.6 is 15.9 Å². The van der Waals surface area contributed by atoms with E-state index in [0.717, 1.165) is 30.7 Å². The van der Waals surface area contributed by atoms with Gasteiger partial charge in [0.15, 0.2) is 5.82 Å². The smallest absolute Gasteiger partial charge is 0.176 e. The van der Waals surface area contributed by atoms with Gasteiger partial charge in [0, 0.05) is 82.6 Å². The van der Waals surface area contributed by atoms with E-state index in [-0.39, 0.29) is 0 Å². The van der Waals surface area contributed by atoms with Crippen molar-refractivity contribution in [2.24, 2.45) is 3.34 Å². The number of fused-ring (bicyclic) bond motifs is 3. The summed E-state index contributed by atoms with van der Waals surface area (Å²) in [5.74, 6) is 0.750. The molecule has 0 atom stereocenters. The molecule has 0 amide bonds. The Kier molecular flexibility index (Phi) is 24.2. The van der Waals surface area contributed by atoms with Gasteiger partial charge in [-0.3, -0.25) is 0 Å². The molecule has 0 unspecified atom stereocenters. The van der Waals surface area contributed by atoms with Gasteiger partial charge >= 0.3 is 105 Å². The van der Waals surface area contributed by atoms with E-state index in [2.05, 4.69) is 174 Å². The third-order valence-electron chi connectivity index (χ3n) is 10.7. The maximum absolute atomic E-state index is 8.81. The van der Waals surface area contributed by atoms with Crippen molar-refractivity contribution in [1.82, 2.24) is 34.7 Å². The number of tetrazole rings is 1. The zero-order valence-corrected chi connectivity index (χ0v) is 42.1. The molecule has 3 aromatic carbocycles. The third kappa shape index (κ3) is 16.7. The molecule has 0 saturated carbocycles. The summed E-state index contributed by atoms with van der Waals surface area (Å²) in [4.78, 5) is 6.37. The summed E-state index contributed by atoms with van der Waals surface area (Å²) in [6.07, 6.45) is 15.8. The largest absolute Gasteiger partial charge is 0.361 e. The van der Waals surface area contributed by atoms with Crippen LogP contribution in [0.4, 0.5) is 0 Å². The van der Waals surface area contributed by atoms with Crippen LogP contribution in [0.3, 0.4) is 0 Å². The number of aromatic nitrogens is 7. The van der Waals surface area contributed by atoms with Gasteiger partial charge in [0.25, 0.3) is 0 Å². The third-order valence-corrected chi connectivity index (χ3v) is 23.5. The molecular formula is C48H65BrN12Sn. The van der Waals surface area contributed by atoms with Gasteiger partial charge in [-0.25, -0.2) is 0 Å². The summed E-state index contributed by atoms with van der Waals surface area (Å²) in [5.41, 5.74) is 16.4. The monoisotopic (exact) mass is 1010 g/mol. The first-order valence-electron chi connectivity index (χ1n) is 21.9. The number of H-pyrrole nitrogens is 2. The number of aryl methyl sites for hydroxylation is 6. The van der Waals surface area contributed by atoms with Gasteiger partial charge < -0.3 is 14.1 Å². The van der Waals surface area contributed by atoms with Crippen molar-refractivity contribution in [3.05, 3.63) is 124 Å². The Morgan fingerprint density at radius 3 is 1.69 bits per heavy atom. The molecule has 7 rings (SSSR count). The molecule has 14 heteroatoms. The zero-order valence-electron chi connectivity index (χ0n) is 37.6. The number of nitrogens with one attached hydrogen (secondary N) is 2. The molecule has 0 fully saturated rings. The maximum atomic E-state index is 8.81. The normalized spacial score (nSPS) is 10.5. The minimum Gasteiger partial charge on any atom is -0.361 e. The second-order valence-corrected chi connectivity index (χ2v) is 28.0. The van der Waals surface area contributed by atoms with Crippen molar-refractivity contribution < 1.29 is 0 Å². The standard InChI is InChI=1S/C12H13N5.C12H12N2.C9H9N.3C4H9.C3H4BrN.N3.Sn/c1-9-8-17(7-6-12-13-15-16-14-12)11-5-3-2-4-10(9)11;1-10-9-14(8-4-7-13)12-6-3-2-5-11(10)12;1-7-6-10-9-5-3-2-4-8(7)9;3*1-3-4-2;4-2-1-3-5;1-3-2;/h2-5,8H,6-7H2,1H3,(H,13,14,15,16);2-3,5-6,9H,4,8H2,1H3;2-6,10H,1H3;3*1,3-4H2,2H3;1-2H2;;/q;;;;;;;-1;+1. The van der Waals surface area contributed by atoms with Crippen molar-refractivity contribution >= 4 is 67.3 Å². The molecule has 0 radical (unpaired) electrons. The molecule has 0 spiro atoms. The topological polar surface area (TPSA) is 176 Å². The van der Waals surface area contributed by atoms with Crippen molar-refractivity contribution in [3.63, 3.8) is 0 Å². The zero-order chi connectivity index (χ0) is 45.0.